The summed E-state index contributed by atoms with van der Waals surface area (Å²) >= 11 is 0. The Bertz CT molecular complexity index is 853. The first-order valence-electron chi connectivity index (χ1n) is 8.61. The minimum atomic E-state index is 0.130. The van der Waals surface area contributed by atoms with E-state index in [1.807, 2.05) is 31.2 Å². The minimum absolute atomic E-state index is 0.130. The zero-order valence-corrected chi connectivity index (χ0v) is 14.1. The number of aromatic amines is 1. The molecule has 0 atom stereocenters. The number of H-pyrrole nitrogens is 1. The Labute approximate surface area is 142 Å². The van der Waals surface area contributed by atoms with E-state index in [2.05, 4.69) is 40.6 Å². The summed E-state index contributed by atoms with van der Waals surface area (Å²) in [5.41, 5.74) is 4.23. The van der Waals surface area contributed by atoms with Gasteiger partial charge in [0.2, 0.25) is 0 Å². The Kier molecular flexibility index (Phi) is 5.44. The van der Waals surface area contributed by atoms with Gasteiger partial charge in [0, 0.05) is 28.7 Å². The fourth-order valence-electron chi connectivity index (χ4n) is 3.00. The van der Waals surface area contributed by atoms with Crippen LogP contribution in [0.25, 0.3) is 10.9 Å². The lowest BCUT2D eigenvalue weighted by Crippen LogP contribution is -2.20. The molecule has 2 aromatic carbocycles. The van der Waals surface area contributed by atoms with E-state index in [1.165, 1.54) is 12.0 Å². The third-order valence-electron chi connectivity index (χ3n) is 4.46. The van der Waals surface area contributed by atoms with Crippen molar-refractivity contribution in [1.82, 2.24) is 10.3 Å². The van der Waals surface area contributed by atoms with Gasteiger partial charge >= 0.3 is 0 Å². The minimum Gasteiger partial charge on any atom is -0.357 e. The highest BCUT2D eigenvalue weighted by atomic mass is 16.1. The van der Waals surface area contributed by atoms with Gasteiger partial charge in [-0.2, -0.15) is 0 Å². The molecule has 1 aromatic heterocycles. The Morgan fingerprint density at radius 2 is 1.71 bits per heavy atom. The largest absolute Gasteiger partial charge is 0.357 e. The number of para-hydroxylation sites is 1. The average Bonchev–Trinajstić information content (AvgIpc) is 2.63. The first-order chi connectivity index (χ1) is 11.8. The molecule has 0 radical (unpaired) electrons. The van der Waals surface area contributed by atoms with Crippen molar-refractivity contribution >= 4 is 10.9 Å². The molecule has 0 amide bonds. The molecule has 2 N–H and O–H groups in total. The number of nitrogens with one attached hydrogen (secondary N) is 2. The van der Waals surface area contributed by atoms with E-state index in [1.54, 1.807) is 0 Å². The number of aromatic nitrogens is 1. The lowest BCUT2D eigenvalue weighted by molar-refractivity contribution is 0.615. The molecule has 0 aliphatic rings. The zero-order valence-electron chi connectivity index (χ0n) is 14.1. The van der Waals surface area contributed by atoms with Crippen LogP contribution in [0.2, 0.25) is 0 Å². The molecule has 24 heavy (non-hydrogen) atoms. The van der Waals surface area contributed by atoms with Crippen LogP contribution in [-0.4, -0.2) is 11.5 Å². The van der Waals surface area contributed by atoms with Gasteiger partial charge < -0.3 is 10.3 Å². The van der Waals surface area contributed by atoms with Gasteiger partial charge in [0.15, 0.2) is 5.43 Å². The molecule has 0 bridgehead atoms. The predicted octanol–water partition coefficient (Wildman–Crippen LogP) is 3.95. The second-order valence-electron chi connectivity index (χ2n) is 6.22. The van der Waals surface area contributed by atoms with Crippen LogP contribution in [0, 0.1) is 6.92 Å². The summed E-state index contributed by atoms with van der Waals surface area (Å²) in [6, 6.07) is 18.3. The first-order valence-corrected chi connectivity index (χ1v) is 8.61. The Morgan fingerprint density at radius 3 is 2.54 bits per heavy atom. The van der Waals surface area contributed by atoms with E-state index in [4.69, 9.17) is 0 Å². The van der Waals surface area contributed by atoms with Gasteiger partial charge in [0.1, 0.15) is 0 Å². The van der Waals surface area contributed by atoms with Gasteiger partial charge in [-0.1, -0.05) is 42.5 Å². The molecule has 3 aromatic rings. The van der Waals surface area contributed by atoms with Gasteiger partial charge in [0.05, 0.1) is 0 Å². The van der Waals surface area contributed by atoms with Crippen LogP contribution in [0.4, 0.5) is 0 Å². The second kappa shape index (κ2) is 7.93. The fraction of sp³-hybridized carbons (Fsp3) is 0.286. The van der Waals surface area contributed by atoms with Crippen molar-refractivity contribution in [3.63, 3.8) is 0 Å². The third-order valence-corrected chi connectivity index (χ3v) is 4.46. The lowest BCUT2D eigenvalue weighted by Gasteiger charge is -2.10. The fourth-order valence-corrected chi connectivity index (χ4v) is 3.00. The van der Waals surface area contributed by atoms with Crippen molar-refractivity contribution in [2.24, 2.45) is 0 Å². The highest BCUT2D eigenvalue weighted by Gasteiger charge is 2.07. The van der Waals surface area contributed by atoms with Crippen LogP contribution in [0.3, 0.4) is 0 Å². The maximum atomic E-state index is 12.4. The molecular formula is C21H24N2O. The lowest BCUT2D eigenvalue weighted by atomic mass is 10.1. The van der Waals surface area contributed by atoms with E-state index >= 15 is 0 Å². The monoisotopic (exact) mass is 320 g/mol. The molecular weight excluding hydrogens is 296 g/mol. The molecule has 0 aliphatic carbocycles. The van der Waals surface area contributed by atoms with Gasteiger partial charge in [-0.3, -0.25) is 4.79 Å². The van der Waals surface area contributed by atoms with Crippen LogP contribution < -0.4 is 10.7 Å². The quantitative estimate of drug-likeness (QED) is 0.648. The van der Waals surface area contributed by atoms with E-state index in [0.717, 1.165) is 41.5 Å². The van der Waals surface area contributed by atoms with E-state index in [0.29, 0.717) is 6.54 Å². The molecule has 3 heteroatoms. The highest BCUT2D eigenvalue weighted by molar-refractivity contribution is 5.79. The molecule has 3 rings (SSSR count). The van der Waals surface area contributed by atoms with Crippen molar-refractivity contribution < 1.29 is 0 Å². The Balaban J connectivity index is 1.51. The topological polar surface area (TPSA) is 44.9 Å². The number of hydrogen-bond donors (Lipinski definition) is 2. The van der Waals surface area contributed by atoms with Crippen molar-refractivity contribution in [2.45, 2.75) is 32.7 Å². The maximum absolute atomic E-state index is 12.4. The Morgan fingerprint density at radius 1 is 0.958 bits per heavy atom. The van der Waals surface area contributed by atoms with Gasteiger partial charge in [-0.15, -0.1) is 0 Å². The summed E-state index contributed by atoms with van der Waals surface area (Å²) in [5.74, 6) is 0. The summed E-state index contributed by atoms with van der Waals surface area (Å²) < 4.78 is 0. The number of benzene rings is 2. The molecule has 0 aliphatic heterocycles. The predicted molar refractivity (Wildman–Crippen MR) is 100 cm³/mol. The van der Waals surface area contributed by atoms with Gasteiger partial charge in [-0.05, 0) is 50.4 Å². The molecule has 3 nitrogen and oxygen atoms in total. The molecule has 0 saturated carbocycles. The number of unbranched alkanes of at least 4 members (excludes halogenated alkanes) is 1. The van der Waals surface area contributed by atoms with Crippen LogP contribution in [-0.2, 0) is 13.0 Å². The summed E-state index contributed by atoms with van der Waals surface area (Å²) in [6.07, 6.45) is 3.42. The molecule has 124 valence electrons. The third kappa shape index (κ3) is 3.92. The molecule has 0 spiro atoms. The number of aryl methyl sites for hydroxylation is 1. The summed E-state index contributed by atoms with van der Waals surface area (Å²) in [5, 5.41) is 4.22. The van der Waals surface area contributed by atoms with E-state index < -0.39 is 0 Å². The highest BCUT2D eigenvalue weighted by Crippen LogP contribution is 2.11. The maximum Gasteiger partial charge on any atom is 0.192 e. The zero-order chi connectivity index (χ0) is 16.8. The van der Waals surface area contributed by atoms with Crippen molar-refractivity contribution in [1.29, 1.82) is 0 Å². The average molecular weight is 320 g/mol. The van der Waals surface area contributed by atoms with Crippen LogP contribution >= 0.6 is 0 Å². The van der Waals surface area contributed by atoms with Crippen molar-refractivity contribution in [2.75, 3.05) is 6.54 Å². The van der Waals surface area contributed by atoms with Crippen molar-refractivity contribution in [3.8, 4) is 0 Å². The molecule has 0 fully saturated rings. The summed E-state index contributed by atoms with van der Waals surface area (Å²) in [7, 11) is 0. The number of pyridine rings is 1. The summed E-state index contributed by atoms with van der Waals surface area (Å²) in [4.78, 5) is 15.8. The van der Waals surface area contributed by atoms with Crippen molar-refractivity contribution in [3.05, 3.63) is 81.6 Å². The number of hydrogen-bond acceptors (Lipinski definition) is 2. The normalized spacial score (nSPS) is 11.0. The van der Waals surface area contributed by atoms with Gasteiger partial charge in [-0.25, -0.2) is 0 Å². The summed E-state index contributed by atoms with van der Waals surface area (Å²) in [6.45, 7) is 3.57. The van der Waals surface area contributed by atoms with Crippen LogP contribution in [0.1, 0.15) is 29.7 Å². The van der Waals surface area contributed by atoms with E-state index in [9.17, 15) is 4.79 Å². The first kappa shape index (κ1) is 16.5. The standard InChI is InChI=1S/C21H24N2O/c1-16-20(23-19-13-6-5-12-18(19)21(16)24)15-22-14-8-7-11-17-9-3-2-4-10-17/h2-6,9-10,12-13,22H,7-8,11,14-15H2,1H3,(H,23,24). The van der Waals surface area contributed by atoms with Gasteiger partial charge in [0.25, 0.3) is 0 Å². The molecule has 0 unspecified atom stereocenters. The van der Waals surface area contributed by atoms with Crippen LogP contribution in [0.15, 0.2) is 59.4 Å². The second-order valence-corrected chi connectivity index (χ2v) is 6.22. The SMILES string of the molecule is Cc1c(CNCCCCc2ccccc2)[nH]c2ccccc2c1=O. The van der Waals surface area contributed by atoms with E-state index in [-0.39, 0.29) is 5.43 Å². The molecule has 1 heterocycles. The molecule has 0 saturated heterocycles. The smallest absolute Gasteiger partial charge is 0.192 e. The van der Waals surface area contributed by atoms with Crippen LogP contribution in [0.5, 0.6) is 0 Å². The Hall–Kier alpha value is -2.39. The number of rotatable bonds is 7. The number of fused-ring (bicyclic) bond motifs is 1.